The average Bonchev–Trinajstić information content (AvgIpc) is 3.56. The number of fused-ring (bicyclic) bond motifs is 1. The van der Waals surface area contributed by atoms with E-state index in [4.69, 9.17) is 14.2 Å². The van der Waals surface area contributed by atoms with E-state index in [-0.39, 0.29) is 37.7 Å². The molecular formula is C32H54N2O8. The van der Waals surface area contributed by atoms with Crippen molar-refractivity contribution in [2.75, 3.05) is 13.2 Å². The van der Waals surface area contributed by atoms with E-state index in [0.717, 1.165) is 51.4 Å². The first-order valence-electron chi connectivity index (χ1n) is 16.1. The molecule has 0 unspecified atom stereocenters. The standard InChI is InChI=1S/C32H54N2O8/c1-6-8-10-16-32(17-11-9-7-2)40-26-20-22(19-25(36)28(26)42-32)30(39)34-18-12-13-24(34)29(38)33-23(21-35)14-15-27(37)41-31(3,4)5/h20,23-26,28,35-36H,6-19,21H2,1-5H3,(H,33,38)/t23-,24+,25+,26+,28-/m0/s1. The fraction of sp³-hybridized carbons (Fsp3) is 0.844. The van der Waals surface area contributed by atoms with Gasteiger partial charge in [0.2, 0.25) is 11.8 Å². The quantitative estimate of drug-likeness (QED) is 0.192. The van der Waals surface area contributed by atoms with E-state index in [1.165, 1.54) is 0 Å². The Morgan fingerprint density at radius 2 is 1.79 bits per heavy atom. The molecule has 3 aliphatic rings. The van der Waals surface area contributed by atoms with Gasteiger partial charge < -0.3 is 34.6 Å². The Balaban J connectivity index is 1.65. The molecule has 0 aromatic rings. The van der Waals surface area contributed by atoms with Crippen LogP contribution in [0.4, 0.5) is 0 Å². The van der Waals surface area contributed by atoms with Crippen molar-refractivity contribution in [1.29, 1.82) is 0 Å². The van der Waals surface area contributed by atoms with Gasteiger partial charge >= 0.3 is 5.97 Å². The summed E-state index contributed by atoms with van der Waals surface area (Å²) in [6, 6.07) is -1.32. The summed E-state index contributed by atoms with van der Waals surface area (Å²) in [5, 5.41) is 23.7. The molecular weight excluding hydrogens is 540 g/mol. The topological polar surface area (TPSA) is 135 Å². The summed E-state index contributed by atoms with van der Waals surface area (Å²) in [7, 11) is 0. The fourth-order valence-electron chi connectivity index (χ4n) is 6.16. The number of unbranched alkanes of at least 4 members (excludes halogenated alkanes) is 4. The number of carbonyl (C=O) groups excluding carboxylic acids is 3. The van der Waals surface area contributed by atoms with Crippen LogP contribution >= 0.6 is 0 Å². The lowest BCUT2D eigenvalue weighted by Gasteiger charge is -2.31. The lowest BCUT2D eigenvalue weighted by molar-refractivity contribution is -0.190. The SMILES string of the molecule is CCCCCC1(CCCCC)O[C@H]2[C@H](O)CC(C(=O)N3CCC[C@@H]3C(=O)N[C@H](CO)CCC(=O)OC(C)(C)C)=C[C@H]2O1. The van der Waals surface area contributed by atoms with Crippen molar-refractivity contribution in [2.24, 2.45) is 0 Å². The molecule has 2 saturated heterocycles. The summed E-state index contributed by atoms with van der Waals surface area (Å²) in [6.45, 7) is 9.76. The number of aliphatic hydroxyl groups excluding tert-OH is 2. The van der Waals surface area contributed by atoms with E-state index >= 15 is 0 Å². The Labute approximate surface area is 251 Å². The maximum Gasteiger partial charge on any atom is 0.306 e. The molecule has 5 atom stereocenters. The van der Waals surface area contributed by atoms with Crippen molar-refractivity contribution in [3.05, 3.63) is 11.6 Å². The van der Waals surface area contributed by atoms with Gasteiger partial charge in [0.05, 0.1) is 18.8 Å². The van der Waals surface area contributed by atoms with Gasteiger partial charge in [-0.15, -0.1) is 0 Å². The number of hydrogen-bond acceptors (Lipinski definition) is 8. The molecule has 2 amide bonds. The van der Waals surface area contributed by atoms with Crippen LogP contribution in [0.2, 0.25) is 0 Å². The van der Waals surface area contributed by atoms with E-state index < -0.39 is 47.8 Å². The summed E-state index contributed by atoms with van der Waals surface area (Å²) >= 11 is 0. The normalized spacial score (nSPS) is 26.0. The maximum atomic E-state index is 13.7. The highest BCUT2D eigenvalue weighted by molar-refractivity contribution is 5.97. The number of rotatable bonds is 15. The summed E-state index contributed by atoms with van der Waals surface area (Å²) in [5.74, 6) is -1.78. The van der Waals surface area contributed by atoms with Gasteiger partial charge in [-0.05, 0) is 59.0 Å². The molecule has 240 valence electrons. The number of hydrogen-bond donors (Lipinski definition) is 3. The number of amides is 2. The molecule has 3 rings (SSSR count). The lowest BCUT2D eigenvalue weighted by atomic mass is 9.91. The molecule has 0 bridgehead atoms. The van der Waals surface area contributed by atoms with Crippen LogP contribution in [0.25, 0.3) is 0 Å². The molecule has 3 N–H and O–H groups in total. The van der Waals surface area contributed by atoms with Gasteiger partial charge in [0.25, 0.3) is 0 Å². The van der Waals surface area contributed by atoms with Gasteiger partial charge in [0, 0.05) is 37.8 Å². The van der Waals surface area contributed by atoms with Crippen LogP contribution in [-0.4, -0.2) is 87.8 Å². The average molecular weight is 595 g/mol. The predicted octanol–water partition coefficient (Wildman–Crippen LogP) is 3.91. The highest BCUT2D eigenvalue weighted by Gasteiger charge is 2.51. The van der Waals surface area contributed by atoms with Crippen LogP contribution in [-0.2, 0) is 28.6 Å². The van der Waals surface area contributed by atoms with E-state index in [0.29, 0.717) is 25.0 Å². The first-order chi connectivity index (χ1) is 19.9. The molecule has 2 fully saturated rings. The van der Waals surface area contributed by atoms with Crippen LogP contribution in [0.15, 0.2) is 11.6 Å². The zero-order valence-corrected chi connectivity index (χ0v) is 26.4. The molecule has 0 radical (unpaired) electrons. The van der Waals surface area contributed by atoms with Crippen molar-refractivity contribution < 1.29 is 38.8 Å². The van der Waals surface area contributed by atoms with Gasteiger partial charge in [-0.25, -0.2) is 0 Å². The molecule has 1 aliphatic carbocycles. The van der Waals surface area contributed by atoms with Gasteiger partial charge in [0.15, 0.2) is 5.79 Å². The predicted molar refractivity (Wildman–Crippen MR) is 158 cm³/mol. The Morgan fingerprint density at radius 1 is 1.12 bits per heavy atom. The molecule has 0 aromatic carbocycles. The van der Waals surface area contributed by atoms with Crippen LogP contribution in [0.3, 0.4) is 0 Å². The second-order valence-corrected chi connectivity index (χ2v) is 13.1. The number of likely N-dealkylation sites (tertiary alicyclic amines) is 1. The lowest BCUT2D eigenvalue weighted by Crippen LogP contribution is -2.51. The molecule has 0 saturated carbocycles. The Hall–Kier alpha value is -2.01. The number of esters is 1. The summed E-state index contributed by atoms with van der Waals surface area (Å²) < 4.78 is 18.3. The van der Waals surface area contributed by atoms with Crippen molar-refractivity contribution in [2.45, 2.75) is 160 Å². The fourth-order valence-corrected chi connectivity index (χ4v) is 6.16. The highest BCUT2D eigenvalue weighted by Crippen LogP contribution is 2.42. The van der Waals surface area contributed by atoms with Crippen LogP contribution in [0.5, 0.6) is 0 Å². The van der Waals surface area contributed by atoms with E-state index in [9.17, 15) is 24.6 Å². The van der Waals surface area contributed by atoms with Crippen LogP contribution in [0.1, 0.15) is 118 Å². The second kappa shape index (κ2) is 15.6. The largest absolute Gasteiger partial charge is 0.460 e. The third-order valence-corrected chi connectivity index (χ3v) is 8.30. The molecule has 10 nitrogen and oxygen atoms in total. The number of aliphatic hydroxyl groups is 2. The molecule has 42 heavy (non-hydrogen) atoms. The Bertz CT molecular complexity index is 935. The van der Waals surface area contributed by atoms with E-state index in [1.54, 1.807) is 31.7 Å². The molecule has 2 heterocycles. The van der Waals surface area contributed by atoms with Gasteiger partial charge in [-0.1, -0.05) is 39.5 Å². The zero-order valence-electron chi connectivity index (χ0n) is 26.4. The first-order valence-corrected chi connectivity index (χ1v) is 16.1. The molecule has 10 heteroatoms. The van der Waals surface area contributed by atoms with Crippen LogP contribution in [0, 0.1) is 0 Å². The maximum absolute atomic E-state index is 13.7. The molecule has 2 aliphatic heterocycles. The summed E-state index contributed by atoms with van der Waals surface area (Å²) in [6.07, 6.45) is 9.31. The number of carbonyl (C=O) groups is 3. The summed E-state index contributed by atoms with van der Waals surface area (Å²) in [5.41, 5.74) is -0.170. The van der Waals surface area contributed by atoms with Crippen molar-refractivity contribution >= 4 is 17.8 Å². The van der Waals surface area contributed by atoms with E-state index in [2.05, 4.69) is 19.2 Å². The summed E-state index contributed by atoms with van der Waals surface area (Å²) in [4.78, 5) is 40.6. The third kappa shape index (κ3) is 9.49. The minimum absolute atomic E-state index is 0.0594. The second-order valence-electron chi connectivity index (χ2n) is 13.1. The number of nitrogens with one attached hydrogen (secondary N) is 1. The Kier molecular flexibility index (Phi) is 12.8. The van der Waals surface area contributed by atoms with Crippen LogP contribution < -0.4 is 5.32 Å². The first kappa shape index (κ1) is 34.5. The monoisotopic (exact) mass is 594 g/mol. The molecule has 0 aromatic heterocycles. The number of nitrogens with zero attached hydrogens (tertiary/aromatic N) is 1. The minimum atomic E-state index is -0.875. The minimum Gasteiger partial charge on any atom is -0.460 e. The third-order valence-electron chi connectivity index (χ3n) is 8.30. The van der Waals surface area contributed by atoms with Crippen molar-refractivity contribution in [3.63, 3.8) is 0 Å². The molecule has 0 spiro atoms. The highest BCUT2D eigenvalue weighted by atomic mass is 16.8. The Morgan fingerprint density at radius 3 is 2.38 bits per heavy atom. The smallest absolute Gasteiger partial charge is 0.306 e. The van der Waals surface area contributed by atoms with E-state index in [1.807, 2.05) is 0 Å². The number of ether oxygens (including phenoxy) is 3. The van der Waals surface area contributed by atoms with Crippen molar-refractivity contribution in [1.82, 2.24) is 10.2 Å². The van der Waals surface area contributed by atoms with Crippen molar-refractivity contribution in [3.8, 4) is 0 Å². The zero-order chi connectivity index (χ0) is 30.9. The van der Waals surface area contributed by atoms with Gasteiger partial charge in [0.1, 0.15) is 23.9 Å². The van der Waals surface area contributed by atoms with Gasteiger partial charge in [-0.2, -0.15) is 0 Å². The van der Waals surface area contributed by atoms with Gasteiger partial charge in [-0.3, -0.25) is 14.4 Å².